The van der Waals surface area contributed by atoms with Gasteiger partial charge in [0.15, 0.2) is 5.75 Å². The van der Waals surface area contributed by atoms with Crippen molar-refractivity contribution in [2.75, 3.05) is 6.54 Å². The molecule has 24 heavy (non-hydrogen) atoms. The molecular weight excluding hydrogens is 310 g/mol. The van der Waals surface area contributed by atoms with E-state index in [1.54, 1.807) is 4.90 Å². The summed E-state index contributed by atoms with van der Waals surface area (Å²) in [7, 11) is 0. The highest BCUT2D eigenvalue weighted by atomic mass is 16.6. The van der Waals surface area contributed by atoms with Gasteiger partial charge in [-0.1, -0.05) is 6.07 Å². The van der Waals surface area contributed by atoms with Crippen LogP contribution >= 0.6 is 0 Å². The van der Waals surface area contributed by atoms with Crippen molar-refractivity contribution in [2.45, 2.75) is 25.8 Å². The summed E-state index contributed by atoms with van der Waals surface area (Å²) in [5.41, 5.74) is 1.44. The molecule has 7 nitrogen and oxygen atoms in total. The zero-order chi connectivity index (χ0) is 17.3. The van der Waals surface area contributed by atoms with Crippen molar-refractivity contribution in [1.82, 2.24) is 9.88 Å². The molecule has 1 aliphatic rings. The monoisotopic (exact) mass is 327 g/mol. The van der Waals surface area contributed by atoms with Crippen LogP contribution in [0.3, 0.4) is 0 Å². The lowest BCUT2D eigenvalue weighted by molar-refractivity contribution is -0.385. The van der Waals surface area contributed by atoms with E-state index in [4.69, 9.17) is 0 Å². The highest BCUT2D eigenvalue weighted by Crippen LogP contribution is 2.33. The fourth-order valence-electron chi connectivity index (χ4n) is 3.04. The van der Waals surface area contributed by atoms with Crippen LogP contribution in [0.25, 0.3) is 0 Å². The Morgan fingerprint density at radius 3 is 2.88 bits per heavy atom. The second kappa shape index (κ2) is 6.27. The summed E-state index contributed by atoms with van der Waals surface area (Å²) >= 11 is 0. The first-order chi connectivity index (χ1) is 11.5. The number of amides is 1. The Morgan fingerprint density at radius 1 is 1.38 bits per heavy atom. The van der Waals surface area contributed by atoms with E-state index < -0.39 is 16.4 Å². The number of nitro benzene ring substituents is 1. The summed E-state index contributed by atoms with van der Waals surface area (Å²) in [5.74, 6) is -0.737. The minimum atomic E-state index is -0.699. The molecule has 3 rings (SSSR count). The van der Waals surface area contributed by atoms with Crippen LogP contribution in [-0.4, -0.2) is 32.4 Å². The highest BCUT2D eigenvalue weighted by Gasteiger charge is 2.32. The van der Waals surface area contributed by atoms with Gasteiger partial charge in [-0.05, 0) is 44.0 Å². The van der Waals surface area contributed by atoms with Gasteiger partial charge in [0.05, 0.1) is 16.7 Å². The number of hydrogen-bond acceptors (Lipinski definition) is 5. The Hall–Kier alpha value is -2.96. The smallest absolute Gasteiger partial charge is 0.311 e. The molecule has 1 aromatic carbocycles. The SMILES string of the molecule is Cc1cccc(C2CCCN2C(=O)c2ccc(O)c([N+](=O)[O-])c2)n1. The minimum Gasteiger partial charge on any atom is -0.502 e. The molecule has 0 radical (unpaired) electrons. The molecule has 0 aliphatic carbocycles. The fraction of sp³-hybridized carbons (Fsp3) is 0.294. The number of aromatic hydroxyl groups is 1. The van der Waals surface area contributed by atoms with Crippen LogP contribution in [0.2, 0.25) is 0 Å². The Kier molecular flexibility index (Phi) is 4.16. The van der Waals surface area contributed by atoms with Gasteiger partial charge in [0, 0.05) is 23.9 Å². The van der Waals surface area contributed by atoms with E-state index in [-0.39, 0.29) is 17.5 Å². The lowest BCUT2D eigenvalue weighted by atomic mass is 10.1. The van der Waals surface area contributed by atoms with Crippen LogP contribution in [0.5, 0.6) is 5.75 Å². The van der Waals surface area contributed by atoms with Crippen LogP contribution in [0.4, 0.5) is 5.69 Å². The number of phenolic OH excluding ortho intramolecular Hbond substituents is 1. The Morgan fingerprint density at radius 2 is 2.17 bits per heavy atom. The Balaban J connectivity index is 1.91. The van der Waals surface area contributed by atoms with Gasteiger partial charge >= 0.3 is 5.69 Å². The number of hydrogen-bond donors (Lipinski definition) is 1. The molecule has 124 valence electrons. The van der Waals surface area contributed by atoms with Gasteiger partial charge in [0.1, 0.15) is 0 Å². The number of aryl methyl sites for hydroxylation is 1. The number of phenols is 1. The molecule has 2 heterocycles. The van der Waals surface area contributed by atoms with Crippen molar-refractivity contribution < 1.29 is 14.8 Å². The molecule has 1 unspecified atom stereocenters. The van der Waals surface area contributed by atoms with Crippen molar-refractivity contribution in [2.24, 2.45) is 0 Å². The molecule has 0 spiro atoms. The van der Waals surface area contributed by atoms with E-state index in [2.05, 4.69) is 4.98 Å². The standard InChI is InChI=1S/C17H17N3O4/c1-11-4-2-5-13(18-11)14-6-3-9-19(14)17(22)12-7-8-16(21)15(10-12)20(23)24/h2,4-5,7-8,10,14,21H,3,6,9H2,1H3. The minimum absolute atomic E-state index is 0.134. The van der Waals surface area contributed by atoms with Gasteiger partial charge in [-0.15, -0.1) is 0 Å². The van der Waals surface area contributed by atoms with E-state index >= 15 is 0 Å². The summed E-state index contributed by atoms with van der Waals surface area (Å²) in [6.07, 6.45) is 1.66. The quantitative estimate of drug-likeness (QED) is 0.690. The van der Waals surface area contributed by atoms with Gasteiger partial charge in [-0.2, -0.15) is 0 Å². The van der Waals surface area contributed by atoms with Crippen LogP contribution in [0.15, 0.2) is 36.4 Å². The van der Waals surface area contributed by atoms with Crippen LogP contribution in [0.1, 0.15) is 40.6 Å². The number of nitro groups is 1. The number of pyridine rings is 1. The van der Waals surface area contributed by atoms with Crippen molar-refractivity contribution in [3.05, 3.63) is 63.5 Å². The summed E-state index contributed by atoms with van der Waals surface area (Å²) in [6.45, 7) is 2.47. The highest BCUT2D eigenvalue weighted by molar-refractivity contribution is 5.95. The summed E-state index contributed by atoms with van der Waals surface area (Å²) < 4.78 is 0. The number of benzene rings is 1. The molecule has 1 amide bonds. The molecule has 1 aromatic heterocycles. The molecule has 1 aliphatic heterocycles. The predicted molar refractivity (Wildman–Crippen MR) is 86.7 cm³/mol. The number of carbonyl (C=O) groups excluding carboxylic acids is 1. The molecule has 1 saturated heterocycles. The van der Waals surface area contributed by atoms with Crippen LogP contribution in [0, 0.1) is 17.0 Å². The van der Waals surface area contributed by atoms with E-state index in [0.29, 0.717) is 6.54 Å². The van der Waals surface area contributed by atoms with Gasteiger partial charge in [-0.25, -0.2) is 0 Å². The molecule has 1 N–H and O–H groups in total. The second-order valence-corrected chi connectivity index (χ2v) is 5.82. The first-order valence-electron chi connectivity index (χ1n) is 7.69. The molecule has 7 heteroatoms. The maximum absolute atomic E-state index is 12.8. The Labute approximate surface area is 138 Å². The second-order valence-electron chi connectivity index (χ2n) is 5.82. The number of carbonyl (C=O) groups is 1. The lowest BCUT2D eigenvalue weighted by Gasteiger charge is -2.24. The van der Waals surface area contributed by atoms with Crippen molar-refractivity contribution in [3.63, 3.8) is 0 Å². The third-order valence-corrected chi connectivity index (χ3v) is 4.18. The van der Waals surface area contributed by atoms with Gasteiger partial charge in [-0.3, -0.25) is 19.9 Å². The average Bonchev–Trinajstić information content (AvgIpc) is 3.04. The van der Waals surface area contributed by atoms with E-state index in [1.165, 1.54) is 12.1 Å². The van der Waals surface area contributed by atoms with Gasteiger partial charge < -0.3 is 10.0 Å². The zero-order valence-electron chi connectivity index (χ0n) is 13.2. The maximum Gasteiger partial charge on any atom is 0.311 e. The number of rotatable bonds is 3. The molecule has 1 atom stereocenters. The average molecular weight is 327 g/mol. The van der Waals surface area contributed by atoms with E-state index in [9.17, 15) is 20.0 Å². The number of nitrogens with zero attached hydrogens (tertiary/aromatic N) is 3. The van der Waals surface area contributed by atoms with E-state index in [1.807, 2.05) is 25.1 Å². The van der Waals surface area contributed by atoms with Crippen molar-refractivity contribution in [3.8, 4) is 5.75 Å². The predicted octanol–water partition coefficient (Wildman–Crippen LogP) is 2.98. The molecule has 0 bridgehead atoms. The fourth-order valence-corrected chi connectivity index (χ4v) is 3.04. The summed E-state index contributed by atoms with van der Waals surface area (Å²) in [6, 6.07) is 9.27. The zero-order valence-corrected chi connectivity index (χ0v) is 13.2. The number of aromatic nitrogens is 1. The topological polar surface area (TPSA) is 96.6 Å². The number of likely N-dealkylation sites (tertiary alicyclic amines) is 1. The third-order valence-electron chi connectivity index (χ3n) is 4.18. The molecule has 0 saturated carbocycles. The summed E-state index contributed by atoms with van der Waals surface area (Å²) in [4.78, 5) is 29.2. The lowest BCUT2D eigenvalue weighted by Crippen LogP contribution is -2.31. The largest absolute Gasteiger partial charge is 0.502 e. The maximum atomic E-state index is 12.8. The van der Waals surface area contributed by atoms with Crippen LogP contribution < -0.4 is 0 Å². The normalized spacial score (nSPS) is 17.0. The van der Waals surface area contributed by atoms with Gasteiger partial charge in [0.2, 0.25) is 0 Å². The van der Waals surface area contributed by atoms with Crippen molar-refractivity contribution >= 4 is 11.6 Å². The first-order valence-corrected chi connectivity index (χ1v) is 7.69. The Bertz CT molecular complexity index is 806. The molecular formula is C17H17N3O4. The third kappa shape index (κ3) is 2.92. The first kappa shape index (κ1) is 15.9. The van der Waals surface area contributed by atoms with Crippen LogP contribution in [-0.2, 0) is 0 Å². The molecule has 2 aromatic rings. The van der Waals surface area contributed by atoms with E-state index in [0.717, 1.165) is 30.3 Å². The summed E-state index contributed by atoms with van der Waals surface area (Å²) in [5, 5.41) is 20.5. The van der Waals surface area contributed by atoms with Crippen molar-refractivity contribution in [1.29, 1.82) is 0 Å². The van der Waals surface area contributed by atoms with Gasteiger partial charge in [0.25, 0.3) is 5.91 Å². The molecule has 1 fully saturated rings.